The number of amides is 2. The highest BCUT2D eigenvalue weighted by Gasteiger charge is 2.35. The lowest BCUT2D eigenvalue weighted by Gasteiger charge is -2.40. The molecule has 0 radical (unpaired) electrons. The molecule has 1 unspecified atom stereocenters. The summed E-state index contributed by atoms with van der Waals surface area (Å²) in [5.74, 6) is 0.264. The van der Waals surface area contributed by atoms with Crippen LogP contribution in [0.25, 0.3) is 0 Å². The molecule has 2 heterocycles. The van der Waals surface area contributed by atoms with E-state index in [1.807, 2.05) is 21.1 Å². The third-order valence-corrected chi connectivity index (χ3v) is 3.86. The zero-order valence-electron chi connectivity index (χ0n) is 14.4. The van der Waals surface area contributed by atoms with Crippen LogP contribution in [-0.4, -0.2) is 97.4 Å². The second-order valence-electron chi connectivity index (χ2n) is 6.18. The number of piperazine rings is 1. The van der Waals surface area contributed by atoms with E-state index in [0.717, 1.165) is 6.54 Å². The number of carbonyl (C=O) groups is 2. The molecule has 1 aromatic rings. The second-order valence-corrected chi connectivity index (χ2v) is 6.18. The van der Waals surface area contributed by atoms with E-state index in [1.54, 1.807) is 23.9 Å². The molecular weight excluding hydrogens is 296 g/mol. The average Bonchev–Trinajstić information content (AvgIpc) is 2.53. The lowest BCUT2D eigenvalue weighted by Crippen LogP contribution is -2.59. The number of rotatable bonds is 3. The first-order chi connectivity index (χ1) is 10.8. The van der Waals surface area contributed by atoms with Crippen LogP contribution < -0.4 is 4.90 Å². The van der Waals surface area contributed by atoms with Crippen LogP contribution in [0.15, 0.2) is 12.4 Å². The van der Waals surface area contributed by atoms with Crippen molar-refractivity contribution >= 4 is 17.8 Å². The maximum atomic E-state index is 12.8. The molecule has 0 aliphatic carbocycles. The third-order valence-electron chi connectivity index (χ3n) is 3.86. The van der Waals surface area contributed by atoms with Gasteiger partial charge in [-0.15, -0.1) is 0 Å². The lowest BCUT2D eigenvalue weighted by atomic mass is 10.1. The van der Waals surface area contributed by atoms with Crippen molar-refractivity contribution in [1.82, 2.24) is 24.7 Å². The van der Waals surface area contributed by atoms with Crippen LogP contribution in [0.2, 0.25) is 0 Å². The molecule has 23 heavy (non-hydrogen) atoms. The van der Waals surface area contributed by atoms with E-state index >= 15 is 0 Å². The molecule has 1 aliphatic heterocycles. The first-order valence-corrected chi connectivity index (χ1v) is 7.51. The molecule has 1 aliphatic rings. The smallest absolute Gasteiger partial charge is 0.257 e. The summed E-state index contributed by atoms with van der Waals surface area (Å²) in [5.41, 5.74) is 0.400. The van der Waals surface area contributed by atoms with Crippen LogP contribution in [0, 0.1) is 0 Å². The van der Waals surface area contributed by atoms with Crippen LogP contribution in [0.4, 0.5) is 5.95 Å². The summed E-state index contributed by atoms with van der Waals surface area (Å²) in [7, 11) is 9.03. The largest absolute Gasteiger partial charge is 0.347 e. The second kappa shape index (κ2) is 6.91. The molecule has 2 rings (SSSR count). The molecule has 1 saturated heterocycles. The average molecular weight is 320 g/mol. The lowest BCUT2D eigenvalue weighted by molar-refractivity contribution is -0.135. The molecule has 126 valence electrons. The summed E-state index contributed by atoms with van der Waals surface area (Å²) < 4.78 is 0. The van der Waals surface area contributed by atoms with Gasteiger partial charge in [-0.3, -0.25) is 9.59 Å². The molecule has 8 heteroatoms. The van der Waals surface area contributed by atoms with Gasteiger partial charge in [-0.05, 0) is 7.05 Å². The van der Waals surface area contributed by atoms with Gasteiger partial charge in [0.1, 0.15) is 6.04 Å². The predicted molar refractivity (Wildman–Crippen MR) is 87.4 cm³/mol. The molecule has 0 aromatic carbocycles. The van der Waals surface area contributed by atoms with E-state index in [0.29, 0.717) is 24.6 Å². The van der Waals surface area contributed by atoms with Crippen LogP contribution in [-0.2, 0) is 4.79 Å². The van der Waals surface area contributed by atoms with Crippen molar-refractivity contribution in [2.45, 2.75) is 6.04 Å². The first-order valence-electron chi connectivity index (χ1n) is 7.51. The number of hydrogen-bond donors (Lipinski definition) is 0. The highest BCUT2D eigenvalue weighted by atomic mass is 16.2. The Hall–Kier alpha value is -2.22. The van der Waals surface area contributed by atoms with E-state index in [-0.39, 0.29) is 11.8 Å². The van der Waals surface area contributed by atoms with Gasteiger partial charge in [0, 0.05) is 60.2 Å². The fourth-order valence-corrected chi connectivity index (χ4v) is 2.50. The van der Waals surface area contributed by atoms with Gasteiger partial charge >= 0.3 is 0 Å². The molecule has 8 nitrogen and oxygen atoms in total. The summed E-state index contributed by atoms with van der Waals surface area (Å²) in [5, 5.41) is 0. The van der Waals surface area contributed by atoms with Crippen molar-refractivity contribution in [3.63, 3.8) is 0 Å². The van der Waals surface area contributed by atoms with E-state index < -0.39 is 6.04 Å². The molecule has 2 amide bonds. The SMILES string of the molecule is CN1CCN(C(=O)c2cnc(N(C)C)nc2)C(C(=O)N(C)C)C1. The van der Waals surface area contributed by atoms with Crippen LogP contribution in [0.3, 0.4) is 0 Å². The number of likely N-dealkylation sites (N-methyl/N-ethyl adjacent to an activating group) is 2. The summed E-state index contributed by atoms with van der Waals surface area (Å²) in [6.45, 7) is 1.77. The van der Waals surface area contributed by atoms with E-state index in [9.17, 15) is 9.59 Å². The van der Waals surface area contributed by atoms with Gasteiger partial charge in [-0.25, -0.2) is 9.97 Å². The van der Waals surface area contributed by atoms with E-state index in [1.165, 1.54) is 17.3 Å². The van der Waals surface area contributed by atoms with Crippen molar-refractivity contribution in [2.24, 2.45) is 0 Å². The maximum Gasteiger partial charge on any atom is 0.257 e. The van der Waals surface area contributed by atoms with Crippen LogP contribution in [0.5, 0.6) is 0 Å². The molecule has 0 saturated carbocycles. The number of hydrogen-bond acceptors (Lipinski definition) is 6. The van der Waals surface area contributed by atoms with Crippen LogP contribution in [0.1, 0.15) is 10.4 Å². The molecular formula is C15H24N6O2. The molecule has 0 spiro atoms. The minimum Gasteiger partial charge on any atom is -0.347 e. The fraction of sp³-hybridized carbons (Fsp3) is 0.600. The highest BCUT2D eigenvalue weighted by Crippen LogP contribution is 2.15. The summed E-state index contributed by atoms with van der Waals surface area (Å²) >= 11 is 0. The molecule has 1 aromatic heterocycles. The summed E-state index contributed by atoms with van der Waals surface area (Å²) in [4.78, 5) is 40.5. The zero-order chi connectivity index (χ0) is 17.1. The van der Waals surface area contributed by atoms with Crippen LogP contribution >= 0.6 is 0 Å². The Morgan fingerprint density at radius 1 is 1.13 bits per heavy atom. The van der Waals surface area contributed by atoms with Gasteiger partial charge < -0.3 is 19.6 Å². The molecule has 0 bridgehead atoms. The predicted octanol–water partition coefficient (Wildman–Crippen LogP) is -0.613. The Bertz CT molecular complexity index is 572. The third kappa shape index (κ3) is 3.76. The number of nitrogens with zero attached hydrogens (tertiary/aromatic N) is 6. The Labute approximate surface area is 136 Å². The quantitative estimate of drug-likeness (QED) is 0.740. The first kappa shape index (κ1) is 17.1. The Balaban J connectivity index is 2.22. The number of aromatic nitrogens is 2. The fourth-order valence-electron chi connectivity index (χ4n) is 2.50. The summed E-state index contributed by atoms with van der Waals surface area (Å²) in [6.07, 6.45) is 3.03. The van der Waals surface area contributed by atoms with Gasteiger partial charge in [0.15, 0.2) is 0 Å². The van der Waals surface area contributed by atoms with Crippen molar-refractivity contribution in [1.29, 1.82) is 0 Å². The molecule has 0 N–H and O–H groups in total. The normalized spacial score (nSPS) is 18.7. The van der Waals surface area contributed by atoms with Crippen molar-refractivity contribution < 1.29 is 9.59 Å². The van der Waals surface area contributed by atoms with Crippen molar-refractivity contribution in [3.8, 4) is 0 Å². The standard InChI is InChI=1S/C15H24N6O2/c1-18(2)14(23)12-10-20(5)6-7-21(12)13(22)11-8-16-15(17-9-11)19(3)4/h8-9,12H,6-7,10H2,1-5H3. The molecule has 1 atom stereocenters. The monoisotopic (exact) mass is 320 g/mol. The highest BCUT2D eigenvalue weighted by molar-refractivity contribution is 5.97. The van der Waals surface area contributed by atoms with Gasteiger partial charge in [-0.2, -0.15) is 0 Å². The van der Waals surface area contributed by atoms with Crippen molar-refractivity contribution in [2.75, 3.05) is 59.8 Å². The number of anilines is 1. The maximum absolute atomic E-state index is 12.8. The molecule has 1 fully saturated rings. The Morgan fingerprint density at radius 3 is 2.26 bits per heavy atom. The minimum absolute atomic E-state index is 0.0734. The Morgan fingerprint density at radius 2 is 1.74 bits per heavy atom. The van der Waals surface area contributed by atoms with Crippen molar-refractivity contribution in [3.05, 3.63) is 18.0 Å². The number of carbonyl (C=O) groups excluding carboxylic acids is 2. The van der Waals surface area contributed by atoms with Gasteiger partial charge in [0.25, 0.3) is 5.91 Å². The van der Waals surface area contributed by atoms with Gasteiger partial charge in [0.2, 0.25) is 11.9 Å². The van der Waals surface area contributed by atoms with Gasteiger partial charge in [-0.1, -0.05) is 0 Å². The minimum atomic E-state index is -0.482. The van der Waals surface area contributed by atoms with E-state index in [4.69, 9.17) is 0 Å². The topological polar surface area (TPSA) is 72.9 Å². The summed E-state index contributed by atoms with van der Waals surface area (Å²) in [6, 6.07) is -0.482. The zero-order valence-corrected chi connectivity index (χ0v) is 14.4. The van der Waals surface area contributed by atoms with Gasteiger partial charge in [0.05, 0.1) is 5.56 Å². The Kier molecular flexibility index (Phi) is 5.15. The van der Waals surface area contributed by atoms with E-state index in [2.05, 4.69) is 14.9 Å².